The number of aliphatic hydroxyl groups excluding tert-OH is 1. The zero-order valence-corrected chi connectivity index (χ0v) is 16.5. The predicted molar refractivity (Wildman–Crippen MR) is 106 cm³/mol. The van der Waals surface area contributed by atoms with Crippen molar-refractivity contribution in [3.05, 3.63) is 34.1 Å². The summed E-state index contributed by atoms with van der Waals surface area (Å²) in [4.78, 5) is 19.5. The van der Waals surface area contributed by atoms with Gasteiger partial charge in [-0.1, -0.05) is 0 Å². The molecule has 2 fully saturated rings. The van der Waals surface area contributed by atoms with E-state index >= 15 is 0 Å². The summed E-state index contributed by atoms with van der Waals surface area (Å²) in [5, 5.41) is 10.0. The number of fused-ring (bicyclic) bond motifs is 1. The maximum atomic E-state index is 14.5. The van der Waals surface area contributed by atoms with Crippen LogP contribution in [0.1, 0.15) is 37.9 Å². The summed E-state index contributed by atoms with van der Waals surface area (Å²) < 4.78 is 25.5. The fourth-order valence-corrected chi connectivity index (χ4v) is 4.87. The Morgan fingerprint density at radius 1 is 1.29 bits per heavy atom. The molecule has 0 radical (unpaired) electrons. The molecule has 0 spiro atoms. The largest absolute Gasteiger partial charge is 0.493 e. The lowest BCUT2D eigenvalue weighted by molar-refractivity contribution is 0.132. The molecule has 6 nitrogen and oxygen atoms in total. The van der Waals surface area contributed by atoms with Gasteiger partial charge >= 0.3 is 0 Å². The topological polar surface area (TPSA) is 84.4 Å². The molecule has 1 saturated heterocycles. The minimum absolute atomic E-state index is 0.0360. The first-order valence-electron chi connectivity index (χ1n) is 9.81. The van der Waals surface area contributed by atoms with Crippen molar-refractivity contribution in [3.63, 3.8) is 0 Å². The summed E-state index contributed by atoms with van der Waals surface area (Å²) in [7, 11) is 0. The molecule has 1 aromatic heterocycles. The zero-order chi connectivity index (χ0) is 19.5. The first kappa shape index (κ1) is 19.7. The minimum Gasteiger partial charge on any atom is -0.493 e. The van der Waals surface area contributed by atoms with Crippen molar-refractivity contribution < 1.29 is 19.0 Å². The maximum absolute atomic E-state index is 14.5. The van der Waals surface area contributed by atoms with E-state index in [2.05, 4.69) is 9.97 Å². The summed E-state index contributed by atoms with van der Waals surface area (Å²) in [5.41, 5.74) is -0.149. The van der Waals surface area contributed by atoms with E-state index in [1.165, 1.54) is 6.07 Å². The normalized spacial score (nSPS) is 25.3. The third-order valence-electron chi connectivity index (χ3n) is 5.39. The SMILES string of the molecule is O=c1[nH]c(CSC2CCC(O)CC2)nc2cc(OCC3CCOC3)cc(F)c12. The Hall–Kier alpha value is -1.64. The Bertz CT molecular complexity index is 876. The highest BCUT2D eigenvalue weighted by Gasteiger charge is 2.21. The first-order chi connectivity index (χ1) is 13.6. The van der Waals surface area contributed by atoms with Crippen LogP contribution in [0.3, 0.4) is 0 Å². The maximum Gasteiger partial charge on any atom is 0.261 e. The average molecular weight is 408 g/mol. The molecular weight excluding hydrogens is 383 g/mol. The van der Waals surface area contributed by atoms with Crippen LogP contribution in [0.4, 0.5) is 4.39 Å². The van der Waals surface area contributed by atoms with E-state index in [0.717, 1.165) is 38.7 Å². The van der Waals surface area contributed by atoms with Crippen molar-refractivity contribution in [2.24, 2.45) is 5.92 Å². The predicted octanol–water partition coefficient (Wildman–Crippen LogP) is 3.01. The molecule has 2 heterocycles. The van der Waals surface area contributed by atoms with Crippen molar-refractivity contribution in [1.82, 2.24) is 9.97 Å². The van der Waals surface area contributed by atoms with Crippen LogP contribution in [0, 0.1) is 11.7 Å². The zero-order valence-electron chi connectivity index (χ0n) is 15.7. The Morgan fingerprint density at radius 2 is 2.11 bits per heavy atom. The molecule has 2 N–H and O–H groups in total. The number of hydrogen-bond acceptors (Lipinski definition) is 6. The van der Waals surface area contributed by atoms with E-state index < -0.39 is 11.4 Å². The molecule has 0 bridgehead atoms. The van der Waals surface area contributed by atoms with Crippen molar-refractivity contribution in [2.45, 2.75) is 49.2 Å². The molecule has 0 amide bonds. The number of thioether (sulfide) groups is 1. The molecule has 1 saturated carbocycles. The molecule has 1 atom stereocenters. The number of aromatic amines is 1. The van der Waals surface area contributed by atoms with Crippen LogP contribution in [0.25, 0.3) is 10.9 Å². The van der Waals surface area contributed by atoms with Gasteiger partial charge in [0.1, 0.15) is 22.8 Å². The van der Waals surface area contributed by atoms with E-state index in [1.807, 2.05) is 0 Å². The molecule has 152 valence electrons. The number of aliphatic hydroxyl groups is 1. The highest BCUT2D eigenvalue weighted by molar-refractivity contribution is 7.99. The molecule has 2 aromatic rings. The van der Waals surface area contributed by atoms with Crippen LogP contribution < -0.4 is 10.3 Å². The third-order valence-corrected chi connectivity index (χ3v) is 6.78. The van der Waals surface area contributed by atoms with Gasteiger partial charge in [0.2, 0.25) is 0 Å². The van der Waals surface area contributed by atoms with Crippen molar-refractivity contribution in [3.8, 4) is 5.75 Å². The molecule has 1 aliphatic heterocycles. The summed E-state index contributed by atoms with van der Waals surface area (Å²) in [6, 6.07) is 2.88. The fourth-order valence-electron chi connectivity index (χ4n) is 3.74. The van der Waals surface area contributed by atoms with Gasteiger partial charge in [0.05, 0.1) is 30.6 Å². The molecule has 8 heteroatoms. The molecule has 4 rings (SSSR count). The molecule has 1 aromatic carbocycles. The number of H-pyrrole nitrogens is 1. The smallest absolute Gasteiger partial charge is 0.261 e. The quantitative estimate of drug-likeness (QED) is 0.764. The lowest BCUT2D eigenvalue weighted by Crippen LogP contribution is -2.20. The van der Waals surface area contributed by atoms with Crippen LogP contribution in [0.2, 0.25) is 0 Å². The van der Waals surface area contributed by atoms with Gasteiger partial charge in [-0.15, -0.1) is 0 Å². The molecule has 2 aliphatic rings. The number of nitrogens with zero attached hydrogens (tertiary/aromatic N) is 1. The summed E-state index contributed by atoms with van der Waals surface area (Å²) in [5.74, 6) is 1.17. The molecular formula is C20H25FN2O4S. The van der Waals surface area contributed by atoms with Gasteiger partial charge in [0.25, 0.3) is 5.56 Å². The summed E-state index contributed by atoms with van der Waals surface area (Å²) >= 11 is 1.72. The fraction of sp³-hybridized carbons (Fsp3) is 0.600. The number of aromatic nitrogens is 2. The van der Waals surface area contributed by atoms with Crippen LogP contribution in [0.5, 0.6) is 5.75 Å². The minimum atomic E-state index is -0.621. The van der Waals surface area contributed by atoms with Gasteiger partial charge < -0.3 is 19.6 Å². The van der Waals surface area contributed by atoms with E-state index in [-0.39, 0.29) is 11.5 Å². The standard InChI is InChI=1S/C20H25FN2O4S/c21-16-7-14(27-10-12-5-6-26-9-12)8-17-19(16)20(25)23-18(22-17)11-28-15-3-1-13(24)2-4-15/h7-8,12-13,15,24H,1-6,9-11H2,(H,22,23,25). The second kappa shape index (κ2) is 8.80. The van der Waals surface area contributed by atoms with E-state index in [4.69, 9.17) is 9.47 Å². The van der Waals surface area contributed by atoms with Gasteiger partial charge in [0, 0.05) is 29.9 Å². The number of hydrogen-bond donors (Lipinski definition) is 2. The first-order valence-corrected chi connectivity index (χ1v) is 10.9. The van der Waals surface area contributed by atoms with Gasteiger partial charge in [-0.05, 0) is 32.1 Å². The monoisotopic (exact) mass is 408 g/mol. The van der Waals surface area contributed by atoms with E-state index in [1.54, 1.807) is 17.8 Å². The van der Waals surface area contributed by atoms with Crippen molar-refractivity contribution in [1.29, 1.82) is 0 Å². The van der Waals surface area contributed by atoms with Crippen LogP contribution in [0.15, 0.2) is 16.9 Å². The lowest BCUT2D eigenvalue weighted by atomic mass is 9.97. The van der Waals surface area contributed by atoms with Gasteiger partial charge in [-0.25, -0.2) is 9.37 Å². The van der Waals surface area contributed by atoms with Crippen molar-refractivity contribution in [2.75, 3.05) is 19.8 Å². The van der Waals surface area contributed by atoms with E-state index in [9.17, 15) is 14.3 Å². The van der Waals surface area contributed by atoms with Crippen LogP contribution in [-0.4, -0.2) is 46.2 Å². The number of rotatable bonds is 6. The second-order valence-electron chi connectivity index (χ2n) is 7.59. The Labute approximate surface area is 166 Å². The van der Waals surface area contributed by atoms with Gasteiger partial charge in [-0.2, -0.15) is 11.8 Å². The number of nitrogens with one attached hydrogen (secondary N) is 1. The molecule has 28 heavy (non-hydrogen) atoms. The number of halogens is 1. The Morgan fingerprint density at radius 3 is 2.86 bits per heavy atom. The molecule has 1 unspecified atom stereocenters. The molecule has 1 aliphatic carbocycles. The van der Waals surface area contributed by atoms with Gasteiger partial charge in [0.15, 0.2) is 0 Å². The van der Waals surface area contributed by atoms with Crippen LogP contribution >= 0.6 is 11.8 Å². The van der Waals surface area contributed by atoms with Gasteiger partial charge in [-0.3, -0.25) is 4.79 Å². The second-order valence-corrected chi connectivity index (χ2v) is 8.88. The average Bonchev–Trinajstić information content (AvgIpc) is 3.19. The van der Waals surface area contributed by atoms with Crippen molar-refractivity contribution >= 4 is 22.7 Å². The Balaban J connectivity index is 1.48. The Kier molecular flexibility index (Phi) is 6.18. The summed E-state index contributed by atoms with van der Waals surface area (Å²) in [6.45, 7) is 1.86. The highest BCUT2D eigenvalue weighted by atomic mass is 32.2. The lowest BCUT2D eigenvalue weighted by Gasteiger charge is -2.24. The third kappa shape index (κ3) is 4.67. The number of ether oxygens (including phenoxy) is 2. The number of benzene rings is 1. The highest BCUT2D eigenvalue weighted by Crippen LogP contribution is 2.30. The van der Waals surface area contributed by atoms with Crippen LogP contribution in [-0.2, 0) is 10.5 Å². The van der Waals surface area contributed by atoms with E-state index in [0.29, 0.717) is 47.2 Å². The summed E-state index contributed by atoms with van der Waals surface area (Å²) in [6.07, 6.45) is 4.30.